The van der Waals surface area contributed by atoms with E-state index in [4.69, 9.17) is 16.7 Å². The van der Waals surface area contributed by atoms with Gasteiger partial charge in [0, 0.05) is 11.1 Å². The van der Waals surface area contributed by atoms with E-state index < -0.39 is 5.97 Å². The van der Waals surface area contributed by atoms with Crippen molar-refractivity contribution in [3.63, 3.8) is 0 Å². The highest BCUT2D eigenvalue weighted by Gasteiger charge is 1.97. The Morgan fingerprint density at radius 2 is 1.92 bits per heavy atom. The Kier molecular flexibility index (Phi) is 3.09. The Hall–Kier alpha value is -1.28. The van der Waals surface area contributed by atoms with Crippen molar-refractivity contribution in [2.75, 3.05) is 0 Å². The third-order valence-corrected chi connectivity index (χ3v) is 1.89. The first-order valence-corrected chi connectivity index (χ1v) is 4.14. The third kappa shape index (κ3) is 2.92. The largest absolute Gasteiger partial charge is 0.478 e. The Balaban J connectivity index is 2.96. The second-order valence-corrected chi connectivity index (χ2v) is 3.11. The van der Waals surface area contributed by atoms with E-state index in [-0.39, 0.29) is 0 Å². The molecule has 0 saturated carbocycles. The first-order valence-electron chi connectivity index (χ1n) is 3.77. The van der Waals surface area contributed by atoms with Gasteiger partial charge in [0.15, 0.2) is 0 Å². The van der Waals surface area contributed by atoms with Crippen LogP contribution in [0.15, 0.2) is 30.3 Å². The van der Waals surface area contributed by atoms with Crippen molar-refractivity contribution < 1.29 is 9.90 Å². The second kappa shape index (κ2) is 4.10. The molecule has 2 nitrogen and oxygen atoms in total. The molecule has 0 aliphatic heterocycles. The summed E-state index contributed by atoms with van der Waals surface area (Å²) in [5.41, 5.74) is 1.58. The SMILES string of the molecule is CC(=CC(=O)O)c1ccc(Cl)cc1. The van der Waals surface area contributed by atoms with Gasteiger partial charge in [-0.1, -0.05) is 23.7 Å². The molecule has 0 atom stereocenters. The molecule has 0 aliphatic rings. The highest BCUT2D eigenvalue weighted by Crippen LogP contribution is 2.16. The first kappa shape index (κ1) is 9.81. The lowest BCUT2D eigenvalue weighted by Gasteiger charge is -1.99. The number of allylic oxidation sites excluding steroid dienone is 1. The van der Waals surface area contributed by atoms with E-state index in [1.54, 1.807) is 31.2 Å². The van der Waals surface area contributed by atoms with Gasteiger partial charge in [-0.05, 0) is 30.2 Å². The highest BCUT2D eigenvalue weighted by molar-refractivity contribution is 6.30. The molecule has 0 unspecified atom stereocenters. The van der Waals surface area contributed by atoms with Crippen LogP contribution in [0, 0.1) is 0 Å². The third-order valence-electron chi connectivity index (χ3n) is 1.64. The van der Waals surface area contributed by atoms with E-state index in [0.717, 1.165) is 5.56 Å². The molecule has 3 heteroatoms. The molecule has 0 bridgehead atoms. The molecule has 1 N–H and O–H groups in total. The zero-order valence-electron chi connectivity index (χ0n) is 7.12. The van der Waals surface area contributed by atoms with Gasteiger partial charge in [-0.15, -0.1) is 0 Å². The second-order valence-electron chi connectivity index (χ2n) is 2.67. The number of rotatable bonds is 2. The maximum atomic E-state index is 10.3. The smallest absolute Gasteiger partial charge is 0.328 e. The van der Waals surface area contributed by atoms with Crippen LogP contribution in [-0.2, 0) is 4.79 Å². The summed E-state index contributed by atoms with van der Waals surface area (Å²) in [5.74, 6) is -0.938. The monoisotopic (exact) mass is 196 g/mol. The van der Waals surface area contributed by atoms with Crippen LogP contribution in [0.2, 0.25) is 5.02 Å². The predicted octanol–water partition coefficient (Wildman–Crippen LogP) is 2.83. The fourth-order valence-corrected chi connectivity index (χ4v) is 1.11. The summed E-state index contributed by atoms with van der Waals surface area (Å²) >= 11 is 5.69. The maximum absolute atomic E-state index is 10.3. The van der Waals surface area contributed by atoms with Crippen LogP contribution < -0.4 is 0 Å². The average molecular weight is 197 g/mol. The van der Waals surface area contributed by atoms with E-state index >= 15 is 0 Å². The Bertz CT molecular complexity index is 338. The van der Waals surface area contributed by atoms with Crippen molar-refractivity contribution >= 4 is 23.1 Å². The Morgan fingerprint density at radius 3 is 2.38 bits per heavy atom. The number of carbonyl (C=O) groups is 1. The molecule has 1 rings (SSSR count). The van der Waals surface area contributed by atoms with E-state index in [0.29, 0.717) is 10.6 Å². The van der Waals surface area contributed by atoms with Crippen LogP contribution >= 0.6 is 11.6 Å². The molecule has 0 radical (unpaired) electrons. The molecular weight excluding hydrogens is 188 g/mol. The van der Waals surface area contributed by atoms with Crippen molar-refractivity contribution in [3.8, 4) is 0 Å². The van der Waals surface area contributed by atoms with Gasteiger partial charge in [-0.25, -0.2) is 4.79 Å². The minimum absolute atomic E-state index is 0.645. The van der Waals surface area contributed by atoms with E-state index in [9.17, 15) is 4.79 Å². The summed E-state index contributed by atoms with van der Waals surface area (Å²) in [6.45, 7) is 1.75. The standard InChI is InChI=1S/C10H9ClO2/c1-7(6-10(12)13)8-2-4-9(11)5-3-8/h2-6H,1H3,(H,12,13). The number of hydrogen-bond acceptors (Lipinski definition) is 1. The van der Waals surface area contributed by atoms with Crippen LogP contribution in [0.5, 0.6) is 0 Å². The molecule has 0 saturated heterocycles. The van der Waals surface area contributed by atoms with Gasteiger partial charge in [0.25, 0.3) is 0 Å². The summed E-state index contributed by atoms with van der Waals surface area (Å²) in [5, 5.41) is 9.14. The van der Waals surface area contributed by atoms with E-state index in [1.807, 2.05) is 0 Å². The van der Waals surface area contributed by atoms with Crippen molar-refractivity contribution in [1.29, 1.82) is 0 Å². The molecule has 1 aromatic carbocycles. The molecule has 1 aromatic rings. The van der Waals surface area contributed by atoms with Crippen molar-refractivity contribution in [2.45, 2.75) is 6.92 Å². The molecule has 0 amide bonds. The number of halogens is 1. The maximum Gasteiger partial charge on any atom is 0.328 e. The van der Waals surface area contributed by atoms with Gasteiger partial charge in [0.05, 0.1) is 0 Å². The average Bonchev–Trinajstić information content (AvgIpc) is 2.04. The highest BCUT2D eigenvalue weighted by atomic mass is 35.5. The van der Waals surface area contributed by atoms with Crippen LogP contribution in [0.1, 0.15) is 12.5 Å². The lowest BCUT2D eigenvalue weighted by molar-refractivity contribution is -0.131. The minimum Gasteiger partial charge on any atom is -0.478 e. The van der Waals surface area contributed by atoms with Gasteiger partial charge < -0.3 is 5.11 Å². The zero-order valence-corrected chi connectivity index (χ0v) is 7.88. The van der Waals surface area contributed by atoms with Crippen LogP contribution in [0.3, 0.4) is 0 Å². The molecule has 0 heterocycles. The molecular formula is C10H9ClO2. The van der Waals surface area contributed by atoms with Crippen molar-refractivity contribution in [3.05, 3.63) is 40.9 Å². The predicted molar refractivity (Wildman–Crippen MR) is 52.7 cm³/mol. The summed E-state index contributed by atoms with van der Waals surface area (Å²) in [6.07, 6.45) is 1.17. The van der Waals surface area contributed by atoms with Crippen LogP contribution in [-0.4, -0.2) is 11.1 Å². The number of aliphatic carboxylic acids is 1. The van der Waals surface area contributed by atoms with Gasteiger partial charge in [-0.2, -0.15) is 0 Å². The quantitative estimate of drug-likeness (QED) is 0.739. The normalized spacial score (nSPS) is 11.4. The number of carboxylic acid groups (broad SMARTS) is 1. The summed E-state index contributed by atoms with van der Waals surface area (Å²) in [7, 11) is 0. The van der Waals surface area contributed by atoms with Crippen molar-refractivity contribution in [2.24, 2.45) is 0 Å². The number of benzene rings is 1. The molecule has 0 aromatic heterocycles. The molecule has 0 aliphatic carbocycles. The van der Waals surface area contributed by atoms with Gasteiger partial charge in [-0.3, -0.25) is 0 Å². The lowest BCUT2D eigenvalue weighted by atomic mass is 10.1. The lowest BCUT2D eigenvalue weighted by Crippen LogP contribution is -1.89. The van der Waals surface area contributed by atoms with Gasteiger partial charge in [0.2, 0.25) is 0 Å². The number of carboxylic acids is 1. The van der Waals surface area contributed by atoms with E-state index in [2.05, 4.69) is 0 Å². The Morgan fingerprint density at radius 1 is 1.38 bits per heavy atom. The van der Waals surface area contributed by atoms with Crippen LogP contribution in [0.4, 0.5) is 0 Å². The fraction of sp³-hybridized carbons (Fsp3) is 0.100. The van der Waals surface area contributed by atoms with Gasteiger partial charge >= 0.3 is 5.97 Å². The fourth-order valence-electron chi connectivity index (χ4n) is 0.981. The Labute approximate surface area is 81.5 Å². The molecule has 0 spiro atoms. The number of hydrogen-bond donors (Lipinski definition) is 1. The van der Waals surface area contributed by atoms with Crippen LogP contribution in [0.25, 0.3) is 5.57 Å². The molecule has 13 heavy (non-hydrogen) atoms. The van der Waals surface area contributed by atoms with E-state index in [1.165, 1.54) is 6.08 Å². The zero-order chi connectivity index (χ0) is 9.84. The molecule has 0 fully saturated rings. The minimum atomic E-state index is -0.938. The summed E-state index contributed by atoms with van der Waals surface area (Å²) in [4.78, 5) is 10.3. The van der Waals surface area contributed by atoms with Gasteiger partial charge in [0.1, 0.15) is 0 Å². The topological polar surface area (TPSA) is 37.3 Å². The molecule has 68 valence electrons. The summed E-state index contributed by atoms with van der Waals surface area (Å²) in [6, 6.07) is 7.04. The summed E-state index contributed by atoms with van der Waals surface area (Å²) < 4.78 is 0. The van der Waals surface area contributed by atoms with Crippen molar-refractivity contribution in [1.82, 2.24) is 0 Å². The first-order chi connectivity index (χ1) is 6.09.